The highest BCUT2D eigenvalue weighted by molar-refractivity contribution is 7.99. The van der Waals surface area contributed by atoms with Gasteiger partial charge in [-0.05, 0) is 18.2 Å². The first-order chi connectivity index (χ1) is 9.49. The molecule has 0 aliphatic rings. The molecule has 0 amide bonds. The van der Waals surface area contributed by atoms with Gasteiger partial charge in [0, 0.05) is 11.0 Å². The lowest BCUT2D eigenvalue weighted by Crippen LogP contribution is -1.94. The number of hydrogen-bond donors (Lipinski definition) is 0. The Morgan fingerprint density at radius 1 is 0.950 bits per heavy atom. The molecule has 2 aromatic carbocycles. The summed E-state index contributed by atoms with van der Waals surface area (Å²) in [6.07, 6.45) is 0. The summed E-state index contributed by atoms with van der Waals surface area (Å²) in [5.41, 5.74) is -0.635. The zero-order valence-corrected chi connectivity index (χ0v) is 11.4. The van der Waals surface area contributed by atoms with Gasteiger partial charge in [-0.2, -0.15) is 0 Å². The summed E-state index contributed by atoms with van der Waals surface area (Å²) in [5.74, 6) is 0. The molecule has 0 heterocycles. The van der Waals surface area contributed by atoms with E-state index in [0.717, 1.165) is 17.8 Å². The largest absolute Gasteiger partial charge is 0.290 e. The fourth-order valence-corrected chi connectivity index (χ4v) is 2.67. The summed E-state index contributed by atoms with van der Waals surface area (Å²) < 4.78 is 0. The summed E-state index contributed by atoms with van der Waals surface area (Å²) in [5, 5.41) is 22.1. The molecule has 0 unspecified atom stereocenters. The predicted molar refractivity (Wildman–Crippen MR) is 75.3 cm³/mol. The maximum absolute atomic E-state index is 11.0. The molecule has 0 bridgehead atoms. The van der Waals surface area contributed by atoms with E-state index in [4.69, 9.17) is 11.6 Å². The molecule has 0 saturated heterocycles. The van der Waals surface area contributed by atoms with Gasteiger partial charge in [0.2, 0.25) is 0 Å². The normalized spacial score (nSPS) is 10.2. The first-order valence-electron chi connectivity index (χ1n) is 5.34. The summed E-state index contributed by atoms with van der Waals surface area (Å²) in [4.78, 5) is 21.3. The van der Waals surface area contributed by atoms with Crippen molar-refractivity contribution in [3.63, 3.8) is 0 Å². The molecule has 102 valence electrons. The Bertz CT molecular complexity index is 693. The summed E-state index contributed by atoms with van der Waals surface area (Å²) in [7, 11) is 0. The summed E-state index contributed by atoms with van der Waals surface area (Å²) in [6, 6.07) is 10.4. The first-order valence-corrected chi connectivity index (χ1v) is 6.53. The third-order valence-electron chi connectivity index (χ3n) is 2.41. The standard InChI is InChI=1S/C12H7ClN2O4S/c13-9-3-1-2-4-11(9)20-12-6-5-8(14(16)17)7-10(12)15(18)19/h1-7H. The van der Waals surface area contributed by atoms with Crippen LogP contribution < -0.4 is 0 Å². The molecule has 0 aliphatic carbocycles. The van der Waals surface area contributed by atoms with Crippen LogP contribution in [0.5, 0.6) is 0 Å². The van der Waals surface area contributed by atoms with Gasteiger partial charge in [0.25, 0.3) is 11.4 Å². The molecule has 0 atom stereocenters. The van der Waals surface area contributed by atoms with Crippen LogP contribution in [-0.4, -0.2) is 9.85 Å². The second-order valence-corrected chi connectivity index (χ2v) is 5.19. The molecule has 20 heavy (non-hydrogen) atoms. The number of hydrogen-bond acceptors (Lipinski definition) is 5. The number of nitrogens with zero attached hydrogens (tertiary/aromatic N) is 2. The van der Waals surface area contributed by atoms with Crippen LogP contribution in [0, 0.1) is 20.2 Å². The number of nitro benzene ring substituents is 2. The Morgan fingerprint density at radius 2 is 1.65 bits per heavy atom. The van der Waals surface area contributed by atoms with Crippen molar-refractivity contribution >= 4 is 34.7 Å². The quantitative estimate of drug-likeness (QED) is 0.620. The third kappa shape index (κ3) is 3.06. The highest BCUT2D eigenvalue weighted by Gasteiger charge is 2.20. The third-order valence-corrected chi connectivity index (χ3v) is 3.99. The van der Waals surface area contributed by atoms with Crippen molar-refractivity contribution in [1.29, 1.82) is 0 Å². The Hall–Kier alpha value is -2.12. The Morgan fingerprint density at radius 3 is 2.25 bits per heavy atom. The van der Waals surface area contributed by atoms with E-state index in [2.05, 4.69) is 0 Å². The number of rotatable bonds is 4. The minimum Gasteiger partial charge on any atom is -0.258 e. The fourth-order valence-electron chi connectivity index (χ4n) is 1.49. The lowest BCUT2D eigenvalue weighted by Gasteiger charge is -2.04. The van der Waals surface area contributed by atoms with E-state index in [1.807, 2.05) is 0 Å². The lowest BCUT2D eigenvalue weighted by molar-refractivity contribution is -0.396. The maximum atomic E-state index is 11.0. The molecule has 2 aromatic rings. The first kappa shape index (κ1) is 14.3. The van der Waals surface area contributed by atoms with Crippen molar-refractivity contribution in [3.05, 3.63) is 67.7 Å². The van der Waals surface area contributed by atoms with Gasteiger partial charge in [0.15, 0.2) is 0 Å². The van der Waals surface area contributed by atoms with E-state index in [-0.39, 0.29) is 11.4 Å². The van der Waals surface area contributed by atoms with Crippen molar-refractivity contribution in [2.75, 3.05) is 0 Å². The van der Waals surface area contributed by atoms with Crippen LogP contribution in [0.15, 0.2) is 52.3 Å². The predicted octanol–water partition coefficient (Wildman–Crippen LogP) is 4.31. The van der Waals surface area contributed by atoms with Gasteiger partial charge in [-0.25, -0.2) is 0 Å². The zero-order chi connectivity index (χ0) is 14.7. The summed E-state index contributed by atoms with van der Waals surface area (Å²) in [6.45, 7) is 0. The van der Waals surface area contributed by atoms with Gasteiger partial charge in [0.05, 0.1) is 25.8 Å². The highest BCUT2D eigenvalue weighted by atomic mass is 35.5. The van der Waals surface area contributed by atoms with Gasteiger partial charge in [0.1, 0.15) is 0 Å². The van der Waals surface area contributed by atoms with Crippen LogP contribution in [0.1, 0.15) is 0 Å². The Kier molecular flexibility index (Phi) is 4.21. The number of benzene rings is 2. The van der Waals surface area contributed by atoms with Crippen LogP contribution in [-0.2, 0) is 0 Å². The smallest absolute Gasteiger partial charge is 0.258 e. The van der Waals surface area contributed by atoms with Crippen LogP contribution in [0.4, 0.5) is 11.4 Å². The van der Waals surface area contributed by atoms with Crippen molar-refractivity contribution in [1.82, 2.24) is 0 Å². The van der Waals surface area contributed by atoms with Gasteiger partial charge in [-0.15, -0.1) is 0 Å². The molecule has 0 N–H and O–H groups in total. The second-order valence-electron chi connectivity index (χ2n) is 3.70. The lowest BCUT2D eigenvalue weighted by atomic mass is 10.3. The summed E-state index contributed by atoms with van der Waals surface area (Å²) >= 11 is 7.08. The van der Waals surface area contributed by atoms with E-state index in [1.54, 1.807) is 24.3 Å². The van der Waals surface area contributed by atoms with Crippen LogP contribution in [0.2, 0.25) is 5.02 Å². The molecule has 2 rings (SSSR count). The van der Waals surface area contributed by atoms with E-state index in [0.29, 0.717) is 14.8 Å². The molecular formula is C12H7ClN2O4S. The Balaban J connectivity index is 2.44. The molecule has 0 spiro atoms. The molecule has 6 nitrogen and oxygen atoms in total. The number of halogens is 1. The van der Waals surface area contributed by atoms with Gasteiger partial charge in [-0.3, -0.25) is 20.2 Å². The number of non-ortho nitro benzene ring substituents is 1. The van der Waals surface area contributed by atoms with Crippen LogP contribution in [0.3, 0.4) is 0 Å². The average molecular weight is 311 g/mol. The van der Waals surface area contributed by atoms with Gasteiger partial charge in [-0.1, -0.05) is 35.5 Å². The topological polar surface area (TPSA) is 86.3 Å². The van der Waals surface area contributed by atoms with Crippen molar-refractivity contribution in [2.45, 2.75) is 9.79 Å². The molecule has 0 fully saturated rings. The minimum absolute atomic E-state index is 0.300. The minimum atomic E-state index is -0.670. The molecule has 8 heteroatoms. The molecule has 0 aromatic heterocycles. The second kappa shape index (κ2) is 5.89. The van der Waals surface area contributed by atoms with E-state index < -0.39 is 9.85 Å². The zero-order valence-electron chi connectivity index (χ0n) is 9.86. The fraction of sp³-hybridized carbons (Fsp3) is 0. The molecule has 0 saturated carbocycles. The molecular weight excluding hydrogens is 304 g/mol. The monoisotopic (exact) mass is 310 g/mol. The van der Waals surface area contributed by atoms with E-state index in [9.17, 15) is 20.2 Å². The van der Waals surface area contributed by atoms with Crippen molar-refractivity contribution in [2.24, 2.45) is 0 Å². The van der Waals surface area contributed by atoms with Crippen LogP contribution in [0.25, 0.3) is 0 Å². The van der Waals surface area contributed by atoms with Crippen molar-refractivity contribution < 1.29 is 9.85 Å². The van der Waals surface area contributed by atoms with E-state index >= 15 is 0 Å². The average Bonchev–Trinajstić information content (AvgIpc) is 2.41. The highest BCUT2D eigenvalue weighted by Crippen LogP contribution is 2.39. The van der Waals surface area contributed by atoms with Gasteiger partial charge < -0.3 is 0 Å². The Labute approximate surface area is 122 Å². The molecule has 0 radical (unpaired) electrons. The SMILES string of the molecule is O=[N+]([O-])c1ccc(Sc2ccccc2Cl)c([N+](=O)[O-])c1. The maximum Gasteiger partial charge on any atom is 0.290 e. The van der Waals surface area contributed by atoms with E-state index in [1.165, 1.54) is 12.1 Å². The van der Waals surface area contributed by atoms with Crippen LogP contribution >= 0.6 is 23.4 Å². The van der Waals surface area contributed by atoms with Gasteiger partial charge >= 0.3 is 0 Å². The van der Waals surface area contributed by atoms with Crippen molar-refractivity contribution in [3.8, 4) is 0 Å². The number of nitro groups is 2. The molecule has 0 aliphatic heterocycles.